The summed E-state index contributed by atoms with van der Waals surface area (Å²) >= 11 is 0. The van der Waals surface area contributed by atoms with E-state index < -0.39 is 0 Å². The number of aromatic nitrogens is 1. The van der Waals surface area contributed by atoms with Gasteiger partial charge in [-0.25, -0.2) is 0 Å². The van der Waals surface area contributed by atoms with Gasteiger partial charge >= 0.3 is 0 Å². The zero-order chi connectivity index (χ0) is 11.7. The molecule has 0 aromatic carbocycles. The van der Waals surface area contributed by atoms with Crippen molar-refractivity contribution in [1.29, 1.82) is 0 Å². The second-order valence-corrected chi connectivity index (χ2v) is 4.38. The van der Waals surface area contributed by atoms with Gasteiger partial charge < -0.3 is 10.3 Å². The van der Waals surface area contributed by atoms with Gasteiger partial charge in [0.15, 0.2) is 5.43 Å². The van der Waals surface area contributed by atoms with E-state index in [9.17, 15) is 9.59 Å². The number of rotatable bonds is 3. The average Bonchev–Trinajstić information content (AvgIpc) is 2.96. The van der Waals surface area contributed by atoms with E-state index in [-0.39, 0.29) is 22.9 Å². The molecule has 2 unspecified atom stereocenters. The molecule has 2 rings (SSSR count). The summed E-state index contributed by atoms with van der Waals surface area (Å²) in [5.41, 5.74) is 0.745. The van der Waals surface area contributed by atoms with Crippen molar-refractivity contribution in [2.45, 2.75) is 32.7 Å². The summed E-state index contributed by atoms with van der Waals surface area (Å²) in [7, 11) is 0. The number of nitrogens with one attached hydrogen (secondary N) is 2. The van der Waals surface area contributed by atoms with Crippen molar-refractivity contribution in [3.05, 3.63) is 33.7 Å². The Morgan fingerprint density at radius 2 is 2.38 bits per heavy atom. The summed E-state index contributed by atoms with van der Waals surface area (Å²) in [5, 5.41) is 2.87. The predicted octanol–water partition coefficient (Wildman–Crippen LogP) is 1.21. The number of carbonyl (C=O) groups excluding carboxylic acids is 1. The van der Waals surface area contributed by atoms with E-state index in [1.165, 1.54) is 12.3 Å². The van der Waals surface area contributed by atoms with Gasteiger partial charge in [0.1, 0.15) is 5.56 Å². The van der Waals surface area contributed by atoms with Gasteiger partial charge in [-0.05, 0) is 19.3 Å². The van der Waals surface area contributed by atoms with Crippen molar-refractivity contribution in [2.24, 2.45) is 5.92 Å². The van der Waals surface area contributed by atoms with E-state index in [2.05, 4.69) is 17.2 Å². The van der Waals surface area contributed by atoms with E-state index in [0.717, 1.165) is 18.5 Å². The largest absolute Gasteiger partial charge is 0.364 e. The Morgan fingerprint density at radius 3 is 2.94 bits per heavy atom. The molecule has 86 valence electrons. The first kappa shape index (κ1) is 10.9. The van der Waals surface area contributed by atoms with Gasteiger partial charge in [0.05, 0.1) is 0 Å². The molecular formula is C12H16N2O2. The highest BCUT2D eigenvalue weighted by Crippen LogP contribution is 2.33. The van der Waals surface area contributed by atoms with Gasteiger partial charge in [0.25, 0.3) is 5.91 Å². The zero-order valence-electron chi connectivity index (χ0n) is 9.54. The molecule has 1 amide bonds. The molecule has 0 aliphatic heterocycles. The molecule has 0 saturated heterocycles. The van der Waals surface area contributed by atoms with Gasteiger partial charge in [-0.15, -0.1) is 0 Å². The second kappa shape index (κ2) is 4.12. The van der Waals surface area contributed by atoms with Crippen LogP contribution in [-0.2, 0) is 0 Å². The smallest absolute Gasteiger partial charge is 0.256 e. The van der Waals surface area contributed by atoms with Crippen LogP contribution in [-0.4, -0.2) is 16.9 Å². The number of aromatic amines is 1. The molecule has 1 heterocycles. The number of pyridine rings is 1. The molecule has 1 saturated carbocycles. The summed E-state index contributed by atoms with van der Waals surface area (Å²) in [6, 6.07) is 1.71. The normalized spacial score (nSPS) is 22.9. The van der Waals surface area contributed by atoms with Crippen LogP contribution in [0.15, 0.2) is 17.1 Å². The SMILES string of the molecule is CCC1CC1NC(=O)c1c[nH]c(C)cc1=O. The van der Waals surface area contributed by atoms with Gasteiger partial charge in [-0.1, -0.05) is 13.3 Å². The lowest BCUT2D eigenvalue weighted by Crippen LogP contribution is -2.31. The maximum atomic E-state index is 11.8. The van der Waals surface area contributed by atoms with Crippen LogP contribution in [0.4, 0.5) is 0 Å². The van der Waals surface area contributed by atoms with Crippen molar-refractivity contribution in [2.75, 3.05) is 0 Å². The molecule has 0 radical (unpaired) electrons. The minimum absolute atomic E-state index is 0.201. The van der Waals surface area contributed by atoms with Crippen LogP contribution < -0.4 is 10.7 Å². The number of aryl methyl sites for hydroxylation is 1. The molecule has 16 heavy (non-hydrogen) atoms. The minimum Gasteiger partial charge on any atom is -0.364 e. The fourth-order valence-electron chi connectivity index (χ4n) is 1.87. The molecule has 4 nitrogen and oxygen atoms in total. The van der Waals surface area contributed by atoms with Gasteiger partial charge in [0, 0.05) is 24.0 Å². The Bertz CT molecular complexity index is 464. The van der Waals surface area contributed by atoms with Crippen molar-refractivity contribution in [3.63, 3.8) is 0 Å². The van der Waals surface area contributed by atoms with Crippen LogP contribution >= 0.6 is 0 Å². The summed E-state index contributed by atoms with van der Waals surface area (Å²) in [6.07, 6.45) is 3.59. The summed E-state index contributed by atoms with van der Waals surface area (Å²) in [4.78, 5) is 26.2. The predicted molar refractivity (Wildman–Crippen MR) is 61.5 cm³/mol. The van der Waals surface area contributed by atoms with Crippen LogP contribution in [0.1, 0.15) is 35.8 Å². The lowest BCUT2D eigenvalue weighted by atomic mass is 10.2. The fraction of sp³-hybridized carbons (Fsp3) is 0.500. The quantitative estimate of drug-likeness (QED) is 0.804. The third-order valence-electron chi connectivity index (χ3n) is 3.07. The molecule has 0 bridgehead atoms. The lowest BCUT2D eigenvalue weighted by Gasteiger charge is -2.03. The zero-order valence-corrected chi connectivity index (χ0v) is 9.54. The molecule has 1 aliphatic rings. The monoisotopic (exact) mass is 220 g/mol. The molecule has 2 N–H and O–H groups in total. The maximum absolute atomic E-state index is 11.8. The lowest BCUT2D eigenvalue weighted by molar-refractivity contribution is 0.0947. The summed E-state index contributed by atoms with van der Waals surface area (Å²) in [6.45, 7) is 3.90. The molecular weight excluding hydrogens is 204 g/mol. The first-order valence-corrected chi connectivity index (χ1v) is 5.62. The summed E-state index contributed by atoms with van der Waals surface area (Å²) in [5.74, 6) is 0.329. The number of hydrogen-bond acceptors (Lipinski definition) is 2. The minimum atomic E-state index is -0.262. The molecule has 4 heteroatoms. The molecule has 0 spiro atoms. The number of carbonyl (C=O) groups is 1. The van der Waals surface area contributed by atoms with Crippen LogP contribution in [0.2, 0.25) is 0 Å². The summed E-state index contributed by atoms with van der Waals surface area (Å²) < 4.78 is 0. The van der Waals surface area contributed by atoms with Crippen molar-refractivity contribution in [3.8, 4) is 0 Å². The van der Waals surface area contributed by atoms with Crippen molar-refractivity contribution >= 4 is 5.91 Å². The standard InChI is InChI=1S/C12H16N2O2/c1-3-8-5-10(8)14-12(16)9-6-13-7(2)4-11(9)15/h4,6,8,10H,3,5H2,1-2H3,(H,13,15)(H,14,16). The second-order valence-electron chi connectivity index (χ2n) is 4.38. The van der Waals surface area contributed by atoms with Crippen molar-refractivity contribution < 1.29 is 4.79 Å². The molecule has 1 fully saturated rings. The van der Waals surface area contributed by atoms with Gasteiger partial charge in [-0.3, -0.25) is 9.59 Å². The van der Waals surface area contributed by atoms with Crippen LogP contribution in [0.5, 0.6) is 0 Å². The molecule has 2 atom stereocenters. The highest BCUT2D eigenvalue weighted by atomic mass is 16.2. The first-order valence-electron chi connectivity index (χ1n) is 5.62. The van der Waals surface area contributed by atoms with Gasteiger partial charge in [-0.2, -0.15) is 0 Å². The van der Waals surface area contributed by atoms with Crippen LogP contribution in [0, 0.1) is 12.8 Å². The maximum Gasteiger partial charge on any atom is 0.256 e. The average molecular weight is 220 g/mol. The van der Waals surface area contributed by atoms with Crippen LogP contribution in [0.25, 0.3) is 0 Å². The number of hydrogen-bond donors (Lipinski definition) is 2. The van der Waals surface area contributed by atoms with Crippen molar-refractivity contribution in [1.82, 2.24) is 10.3 Å². The third-order valence-corrected chi connectivity index (χ3v) is 3.07. The fourth-order valence-corrected chi connectivity index (χ4v) is 1.87. The number of H-pyrrole nitrogens is 1. The van der Waals surface area contributed by atoms with E-state index in [4.69, 9.17) is 0 Å². The topological polar surface area (TPSA) is 62.0 Å². The number of amides is 1. The van der Waals surface area contributed by atoms with E-state index >= 15 is 0 Å². The van der Waals surface area contributed by atoms with E-state index in [1.54, 1.807) is 6.92 Å². The Balaban J connectivity index is 2.07. The van der Waals surface area contributed by atoms with E-state index in [1.807, 2.05) is 0 Å². The Kier molecular flexibility index (Phi) is 2.81. The molecule has 1 aromatic rings. The molecule has 1 aliphatic carbocycles. The van der Waals surface area contributed by atoms with Crippen LogP contribution in [0.3, 0.4) is 0 Å². The Hall–Kier alpha value is -1.58. The highest BCUT2D eigenvalue weighted by Gasteiger charge is 2.36. The first-order chi connectivity index (χ1) is 7.61. The highest BCUT2D eigenvalue weighted by molar-refractivity contribution is 5.94. The Morgan fingerprint density at radius 1 is 1.62 bits per heavy atom. The Labute approximate surface area is 94.1 Å². The third kappa shape index (κ3) is 2.15. The molecule has 1 aromatic heterocycles. The van der Waals surface area contributed by atoms with Gasteiger partial charge in [0.2, 0.25) is 0 Å². The van der Waals surface area contributed by atoms with E-state index in [0.29, 0.717) is 5.92 Å².